The number of nitrogens with zero attached hydrogens (tertiary/aromatic N) is 2. The molecule has 23 heavy (non-hydrogen) atoms. The van der Waals surface area contributed by atoms with E-state index in [0.717, 1.165) is 37.3 Å². The molecule has 122 valence electrons. The fraction of sp³-hybridized carbons (Fsp3) is 0.389. The predicted molar refractivity (Wildman–Crippen MR) is 88.9 cm³/mol. The number of amides is 1. The Morgan fingerprint density at radius 3 is 2.87 bits per heavy atom. The Balaban J connectivity index is 1.73. The van der Waals surface area contributed by atoms with Crippen molar-refractivity contribution < 1.29 is 9.90 Å². The van der Waals surface area contributed by atoms with Crippen LogP contribution in [0, 0.1) is 0 Å². The zero-order valence-electron chi connectivity index (χ0n) is 13.6. The van der Waals surface area contributed by atoms with Crippen molar-refractivity contribution in [2.45, 2.75) is 25.6 Å². The van der Waals surface area contributed by atoms with Crippen molar-refractivity contribution in [3.05, 3.63) is 58.9 Å². The van der Waals surface area contributed by atoms with Crippen LogP contribution in [0.25, 0.3) is 0 Å². The zero-order chi connectivity index (χ0) is 16.4. The second-order valence-corrected chi connectivity index (χ2v) is 6.31. The largest absolute Gasteiger partial charge is 0.388 e. The highest BCUT2D eigenvalue weighted by atomic mass is 16.3. The van der Waals surface area contributed by atoms with Gasteiger partial charge in [-0.2, -0.15) is 0 Å². The molecule has 2 heterocycles. The average molecular weight is 313 g/mol. The number of benzene rings is 1. The summed E-state index contributed by atoms with van der Waals surface area (Å²) in [6.07, 6.45) is 0.326. The summed E-state index contributed by atoms with van der Waals surface area (Å²) < 4.78 is 0. The van der Waals surface area contributed by atoms with Crippen LogP contribution in [-0.2, 0) is 13.1 Å². The summed E-state index contributed by atoms with van der Waals surface area (Å²) >= 11 is 0. The van der Waals surface area contributed by atoms with Crippen LogP contribution in [-0.4, -0.2) is 46.4 Å². The van der Waals surface area contributed by atoms with Gasteiger partial charge in [0.1, 0.15) is 5.69 Å². The van der Waals surface area contributed by atoms with E-state index in [2.05, 4.69) is 16.0 Å². The monoisotopic (exact) mass is 313 g/mol. The lowest BCUT2D eigenvalue weighted by molar-refractivity contribution is 0.0822. The summed E-state index contributed by atoms with van der Waals surface area (Å²) in [6.45, 7) is 2.37. The maximum atomic E-state index is 12.0. The minimum atomic E-state index is -0.397. The van der Waals surface area contributed by atoms with Crippen LogP contribution >= 0.6 is 0 Å². The Morgan fingerprint density at radius 2 is 2.09 bits per heavy atom. The van der Waals surface area contributed by atoms with E-state index in [1.165, 1.54) is 5.56 Å². The Kier molecular flexibility index (Phi) is 4.50. The first-order chi connectivity index (χ1) is 11.0. The van der Waals surface area contributed by atoms with Gasteiger partial charge in [-0.3, -0.25) is 9.69 Å². The molecule has 5 nitrogen and oxygen atoms in total. The quantitative estimate of drug-likeness (QED) is 0.913. The highest BCUT2D eigenvalue weighted by Gasteiger charge is 2.21. The Labute approximate surface area is 136 Å². The minimum Gasteiger partial charge on any atom is -0.388 e. The van der Waals surface area contributed by atoms with Gasteiger partial charge in [0.15, 0.2) is 0 Å². The number of aliphatic hydroxyl groups is 1. The van der Waals surface area contributed by atoms with Gasteiger partial charge in [-0.05, 0) is 29.7 Å². The maximum Gasteiger partial charge on any atom is 0.269 e. The van der Waals surface area contributed by atoms with Gasteiger partial charge in [0, 0.05) is 39.4 Å². The van der Waals surface area contributed by atoms with Gasteiger partial charge >= 0.3 is 0 Å². The molecule has 1 amide bonds. The molecule has 1 aliphatic rings. The summed E-state index contributed by atoms with van der Waals surface area (Å²) in [5.41, 5.74) is 3.84. The highest BCUT2D eigenvalue weighted by molar-refractivity contribution is 5.92. The fourth-order valence-electron chi connectivity index (χ4n) is 3.06. The van der Waals surface area contributed by atoms with Crippen molar-refractivity contribution in [2.75, 3.05) is 20.6 Å². The molecule has 1 unspecified atom stereocenters. The van der Waals surface area contributed by atoms with Gasteiger partial charge in [0.05, 0.1) is 6.10 Å². The van der Waals surface area contributed by atoms with Crippen molar-refractivity contribution in [3.63, 3.8) is 0 Å². The average Bonchev–Trinajstić information content (AvgIpc) is 2.93. The third-order valence-corrected chi connectivity index (χ3v) is 4.30. The first kappa shape index (κ1) is 15.8. The number of fused-ring (bicyclic) bond motifs is 1. The molecule has 1 aromatic heterocycles. The molecule has 0 spiro atoms. The molecule has 0 bridgehead atoms. The number of rotatable bonds is 3. The van der Waals surface area contributed by atoms with Gasteiger partial charge in [0.25, 0.3) is 5.91 Å². The summed E-state index contributed by atoms with van der Waals surface area (Å²) in [5, 5.41) is 10.3. The van der Waals surface area contributed by atoms with Gasteiger partial charge in [-0.15, -0.1) is 0 Å². The second-order valence-electron chi connectivity index (χ2n) is 6.31. The van der Waals surface area contributed by atoms with Crippen LogP contribution < -0.4 is 0 Å². The normalized spacial score (nSPS) is 18.3. The van der Waals surface area contributed by atoms with Gasteiger partial charge in [-0.1, -0.05) is 24.3 Å². The lowest BCUT2D eigenvalue weighted by Gasteiger charge is -2.19. The number of aromatic amines is 1. The van der Waals surface area contributed by atoms with E-state index in [1.54, 1.807) is 19.0 Å². The number of H-pyrrole nitrogens is 1. The van der Waals surface area contributed by atoms with Crippen molar-refractivity contribution in [1.82, 2.24) is 14.8 Å². The summed E-state index contributed by atoms with van der Waals surface area (Å²) in [7, 11) is 3.49. The van der Waals surface area contributed by atoms with Crippen LogP contribution in [0.5, 0.6) is 0 Å². The lowest BCUT2D eigenvalue weighted by atomic mass is 10.0. The molecule has 1 aromatic carbocycles. The van der Waals surface area contributed by atoms with E-state index in [9.17, 15) is 9.90 Å². The fourth-order valence-corrected chi connectivity index (χ4v) is 3.06. The summed E-state index contributed by atoms with van der Waals surface area (Å²) in [4.78, 5) is 19.0. The molecule has 2 N–H and O–H groups in total. The van der Waals surface area contributed by atoms with Gasteiger partial charge < -0.3 is 15.0 Å². The number of hydrogen-bond acceptors (Lipinski definition) is 3. The molecule has 3 rings (SSSR count). The lowest BCUT2D eigenvalue weighted by Crippen LogP contribution is -2.24. The number of aliphatic hydroxyl groups excluding tert-OH is 1. The number of carbonyl (C=O) groups is 1. The molecule has 0 fully saturated rings. The molecule has 1 aliphatic heterocycles. The molecule has 0 saturated carbocycles. The molecule has 0 aliphatic carbocycles. The van der Waals surface area contributed by atoms with E-state index in [1.807, 2.05) is 30.3 Å². The predicted octanol–water partition coefficient (Wildman–Crippen LogP) is 2.16. The molecule has 0 radical (unpaired) electrons. The summed E-state index contributed by atoms with van der Waals surface area (Å²) in [6, 6.07) is 11.9. The van der Waals surface area contributed by atoms with E-state index < -0.39 is 6.10 Å². The van der Waals surface area contributed by atoms with Crippen molar-refractivity contribution in [3.8, 4) is 0 Å². The topological polar surface area (TPSA) is 59.6 Å². The molecule has 0 saturated heterocycles. The van der Waals surface area contributed by atoms with Crippen LogP contribution in [0.3, 0.4) is 0 Å². The zero-order valence-corrected chi connectivity index (χ0v) is 13.6. The third-order valence-electron chi connectivity index (χ3n) is 4.30. The van der Waals surface area contributed by atoms with Crippen LogP contribution in [0.4, 0.5) is 0 Å². The number of hydrogen-bond donors (Lipinski definition) is 2. The molecular weight excluding hydrogens is 290 g/mol. The van der Waals surface area contributed by atoms with E-state index in [0.29, 0.717) is 5.69 Å². The second kappa shape index (κ2) is 6.56. The van der Waals surface area contributed by atoms with Gasteiger partial charge in [-0.25, -0.2) is 0 Å². The molecule has 2 aromatic rings. The minimum absolute atomic E-state index is 0.0205. The molecular formula is C18H23N3O2. The Bertz CT molecular complexity index is 693. The van der Waals surface area contributed by atoms with E-state index in [4.69, 9.17) is 0 Å². The van der Waals surface area contributed by atoms with Crippen molar-refractivity contribution in [2.24, 2.45) is 0 Å². The smallest absolute Gasteiger partial charge is 0.269 e. The highest BCUT2D eigenvalue weighted by Crippen LogP contribution is 2.27. The maximum absolute atomic E-state index is 12.0. The molecule has 1 atom stereocenters. The molecule has 5 heteroatoms. The third kappa shape index (κ3) is 3.46. The van der Waals surface area contributed by atoms with Crippen LogP contribution in [0.15, 0.2) is 36.4 Å². The van der Waals surface area contributed by atoms with E-state index >= 15 is 0 Å². The SMILES string of the molecule is CN(C)C(=O)c1ccc(CN2CCC(O)c3ccccc3C2)[nH]1. The summed E-state index contributed by atoms with van der Waals surface area (Å²) in [5.74, 6) is -0.0205. The van der Waals surface area contributed by atoms with Gasteiger partial charge in [0.2, 0.25) is 0 Å². The van der Waals surface area contributed by atoms with Crippen LogP contribution in [0.1, 0.15) is 39.8 Å². The standard InChI is InChI=1S/C18H23N3O2/c1-20(2)18(23)16-8-7-14(19-16)12-21-10-9-17(22)15-6-4-3-5-13(15)11-21/h3-8,17,19,22H,9-12H2,1-2H3. The van der Waals surface area contributed by atoms with E-state index in [-0.39, 0.29) is 5.91 Å². The first-order valence-corrected chi connectivity index (χ1v) is 7.92. The van der Waals surface area contributed by atoms with Crippen LogP contribution in [0.2, 0.25) is 0 Å². The number of carbonyl (C=O) groups excluding carboxylic acids is 1. The Hall–Kier alpha value is -2.11. The Morgan fingerprint density at radius 1 is 1.30 bits per heavy atom. The first-order valence-electron chi connectivity index (χ1n) is 7.92. The number of nitrogens with one attached hydrogen (secondary N) is 1. The number of aromatic nitrogens is 1. The van der Waals surface area contributed by atoms with Crippen molar-refractivity contribution in [1.29, 1.82) is 0 Å². The van der Waals surface area contributed by atoms with Crippen molar-refractivity contribution >= 4 is 5.91 Å².